The number of likely N-dealkylation sites (N-methyl/N-ethyl adjacent to an activating group) is 2. The summed E-state index contributed by atoms with van der Waals surface area (Å²) < 4.78 is 16.3. The standard InChI is InChI=1S/C22H33N3O4/c1-16(21(26)25(3)22(15-23)12-8-7-9-13-22)24(2)14-17-10-11-18(27-4)20(29-6)19(17)28-5/h10-11,16H,7-9,12-14H2,1-6H3/t16-/m1/s1. The Bertz CT molecular complexity index is 753. The monoisotopic (exact) mass is 403 g/mol. The molecule has 1 aromatic rings. The second kappa shape index (κ2) is 9.84. The van der Waals surface area contributed by atoms with E-state index in [2.05, 4.69) is 6.07 Å². The van der Waals surface area contributed by atoms with Gasteiger partial charge in [-0.05, 0) is 32.9 Å². The zero-order chi connectivity index (χ0) is 21.6. The van der Waals surface area contributed by atoms with Gasteiger partial charge in [-0.3, -0.25) is 9.69 Å². The molecule has 7 nitrogen and oxygen atoms in total. The Kier molecular flexibility index (Phi) is 7.74. The topological polar surface area (TPSA) is 75.0 Å². The fourth-order valence-corrected chi connectivity index (χ4v) is 4.03. The van der Waals surface area contributed by atoms with Gasteiger partial charge in [0.1, 0.15) is 5.54 Å². The van der Waals surface area contributed by atoms with Crippen LogP contribution in [0.5, 0.6) is 17.2 Å². The predicted octanol–water partition coefficient (Wildman–Crippen LogP) is 3.22. The molecule has 1 aliphatic rings. The molecule has 1 saturated carbocycles. The molecule has 1 fully saturated rings. The van der Waals surface area contributed by atoms with Crippen molar-refractivity contribution >= 4 is 5.91 Å². The van der Waals surface area contributed by atoms with Crippen LogP contribution in [0.3, 0.4) is 0 Å². The van der Waals surface area contributed by atoms with Gasteiger partial charge in [-0.25, -0.2) is 0 Å². The Hall–Kier alpha value is -2.46. The molecule has 0 radical (unpaired) electrons. The third-order valence-corrected chi connectivity index (χ3v) is 6.09. The molecule has 0 aliphatic heterocycles. The molecule has 1 aliphatic carbocycles. The van der Waals surface area contributed by atoms with Crippen molar-refractivity contribution in [1.29, 1.82) is 5.26 Å². The third-order valence-electron chi connectivity index (χ3n) is 6.09. The third kappa shape index (κ3) is 4.59. The van der Waals surface area contributed by atoms with Crippen molar-refractivity contribution in [2.75, 3.05) is 35.4 Å². The van der Waals surface area contributed by atoms with Gasteiger partial charge in [-0.15, -0.1) is 0 Å². The Balaban J connectivity index is 2.19. The molecule has 0 spiro atoms. The maximum Gasteiger partial charge on any atom is 0.240 e. The van der Waals surface area contributed by atoms with Crippen LogP contribution in [0.25, 0.3) is 0 Å². The molecular formula is C22H33N3O4. The molecule has 0 unspecified atom stereocenters. The second-order valence-corrected chi connectivity index (χ2v) is 7.69. The van der Waals surface area contributed by atoms with E-state index in [4.69, 9.17) is 14.2 Å². The number of benzene rings is 1. The Morgan fingerprint density at radius 3 is 2.24 bits per heavy atom. The molecule has 0 N–H and O–H groups in total. The fraction of sp³-hybridized carbons (Fsp3) is 0.636. The molecule has 1 atom stereocenters. The summed E-state index contributed by atoms with van der Waals surface area (Å²) in [6.45, 7) is 2.36. The van der Waals surface area contributed by atoms with Crippen molar-refractivity contribution in [2.45, 2.75) is 57.2 Å². The van der Waals surface area contributed by atoms with Crippen LogP contribution >= 0.6 is 0 Å². The van der Waals surface area contributed by atoms with Crippen LogP contribution in [0, 0.1) is 11.3 Å². The van der Waals surface area contributed by atoms with Crippen molar-refractivity contribution in [1.82, 2.24) is 9.80 Å². The van der Waals surface area contributed by atoms with Gasteiger partial charge in [0.2, 0.25) is 11.7 Å². The number of methoxy groups -OCH3 is 3. The quantitative estimate of drug-likeness (QED) is 0.663. The number of nitrogens with zero attached hydrogens (tertiary/aromatic N) is 3. The first kappa shape index (κ1) is 22.8. The molecule has 7 heteroatoms. The summed E-state index contributed by atoms with van der Waals surface area (Å²) >= 11 is 0. The molecular weight excluding hydrogens is 370 g/mol. The van der Waals surface area contributed by atoms with E-state index in [1.165, 1.54) is 0 Å². The molecule has 1 aromatic carbocycles. The number of amides is 1. The summed E-state index contributed by atoms with van der Waals surface area (Å²) in [6, 6.07) is 5.78. The van der Waals surface area contributed by atoms with Gasteiger partial charge in [-0.2, -0.15) is 5.26 Å². The van der Waals surface area contributed by atoms with Crippen LogP contribution in [-0.2, 0) is 11.3 Å². The van der Waals surface area contributed by atoms with Crippen LogP contribution in [-0.4, -0.2) is 62.7 Å². The number of carbonyl (C=O) groups is 1. The van der Waals surface area contributed by atoms with E-state index in [0.717, 1.165) is 37.7 Å². The molecule has 0 heterocycles. The van der Waals surface area contributed by atoms with Crippen molar-refractivity contribution in [2.24, 2.45) is 0 Å². The highest BCUT2D eigenvalue weighted by molar-refractivity contribution is 5.82. The van der Waals surface area contributed by atoms with E-state index in [9.17, 15) is 10.1 Å². The second-order valence-electron chi connectivity index (χ2n) is 7.69. The average molecular weight is 404 g/mol. The van der Waals surface area contributed by atoms with Crippen LogP contribution < -0.4 is 14.2 Å². The van der Waals surface area contributed by atoms with Gasteiger partial charge < -0.3 is 19.1 Å². The van der Waals surface area contributed by atoms with E-state index < -0.39 is 5.54 Å². The number of hydrogen-bond acceptors (Lipinski definition) is 6. The Morgan fingerprint density at radius 1 is 1.10 bits per heavy atom. The van der Waals surface area contributed by atoms with Crippen LogP contribution in [0.2, 0.25) is 0 Å². The minimum Gasteiger partial charge on any atom is -0.493 e. The zero-order valence-corrected chi connectivity index (χ0v) is 18.4. The fourth-order valence-electron chi connectivity index (χ4n) is 4.03. The number of hydrogen-bond donors (Lipinski definition) is 0. The van der Waals surface area contributed by atoms with Gasteiger partial charge in [-0.1, -0.05) is 25.3 Å². The van der Waals surface area contributed by atoms with Crippen molar-refractivity contribution < 1.29 is 19.0 Å². The molecule has 0 bridgehead atoms. The lowest BCUT2D eigenvalue weighted by atomic mass is 9.81. The summed E-state index contributed by atoms with van der Waals surface area (Å²) in [7, 11) is 8.39. The van der Waals surface area contributed by atoms with Crippen molar-refractivity contribution in [3.63, 3.8) is 0 Å². The molecule has 2 rings (SSSR count). The summed E-state index contributed by atoms with van der Waals surface area (Å²) in [5.74, 6) is 1.67. The van der Waals surface area contributed by atoms with Crippen LogP contribution in [0.4, 0.5) is 0 Å². The lowest BCUT2D eigenvalue weighted by Gasteiger charge is -2.41. The van der Waals surface area contributed by atoms with Gasteiger partial charge in [0.25, 0.3) is 0 Å². The van der Waals surface area contributed by atoms with E-state index >= 15 is 0 Å². The zero-order valence-electron chi connectivity index (χ0n) is 18.4. The molecule has 29 heavy (non-hydrogen) atoms. The summed E-state index contributed by atoms with van der Waals surface area (Å²) in [5.41, 5.74) is 0.202. The van der Waals surface area contributed by atoms with Gasteiger partial charge in [0.05, 0.1) is 33.4 Å². The largest absolute Gasteiger partial charge is 0.493 e. The van der Waals surface area contributed by atoms with E-state index in [1.807, 2.05) is 31.0 Å². The van der Waals surface area contributed by atoms with Crippen LogP contribution in [0.1, 0.15) is 44.6 Å². The maximum absolute atomic E-state index is 13.2. The number of rotatable bonds is 8. The summed E-state index contributed by atoms with van der Waals surface area (Å²) in [4.78, 5) is 16.8. The van der Waals surface area contributed by atoms with Gasteiger partial charge >= 0.3 is 0 Å². The molecule has 0 aromatic heterocycles. The molecule has 160 valence electrons. The Morgan fingerprint density at radius 2 is 1.72 bits per heavy atom. The molecule has 0 saturated heterocycles. The summed E-state index contributed by atoms with van der Waals surface area (Å²) in [6.07, 6.45) is 4.58. The maximum atomic E-state index is 13.2. The Labute approximate surface area is 174 Å². The van der Waals surface area contributed by atoms with Crippen molar-refractivity contribution in [3.05, 3.63) is 17.7 Å². The highest BCUT2D eigenvalue weighted by Gasteiger charge is 2.40. The lowest BCUT2D eigenvalue weighted by molar-refractivity contribution is -0.139. The van der Waals surface area contributed by atoms with Gasteiger partial charge in [0, 0.05) is 19.2 Å². The SMILES string of the molecule is COc1ccc(CN(C)[C@H](C)C(=O)N(C)C2(C#N)CCCCC2)c(OC)c1OC. The van der Waals surface area contributed by atoms with E-state index in [1.54, 1.807) is 33.3 Å². The molecule has 1 amide bonds. The summed E-state index contributed by atoms with van der Waals surface area (Å²) in [5, 5.41) is 9.79. The number of ether oxygens (including phenoxy) is 3. The first-order valence-corrected chi connectivity index (χ1v) is 10.0. The number of carbonyl (C=O) groups excluding carboxylic acids is 1. The first-order valence-electron chi connectivity index (χ1n) is 10.0. The predicted molar refractivity (Wildman–Crippen MR) is 111 cm³/mol. The minimum atomic E-state index is -0.689. The van der Waals surface area contributed by atoms with E-state index in [-0.39, 0.29) is 11.9 Å². The normalized spacial score (nSPS) is 16.6. The average Bonchev–Trinajstić information content (AvgIpc) is 2.77. The van der Waals surface area contributed by atoms with Crippen LogP contribution in [0.15, 0.2) is 12.1 Å². The smallest absolute Gasteiger partial charge is 0.240 e. The van der Waals surface area contributed by atoms with Crippen molar-refractivity contribution in [3.8, 4) is 23.3 Å². The highest BCUT2D eigenvalue weighted by atomic mass is 16.5. The van der Waals surface area contributed by atoms with E-state index in [0.29, 0.717) is 23.8 Å². The van der Waals surface area contributed by atoms with Gasteiger partial charge in [0.15, 0.2) is 11.5 Å². The minimum absolute atomic E-state index is 0.0459. The first-order chi connectivity index (χ1) is 13.8. The number of nitriles is 1. The highest BCUT2D eigenvalue weighted by Crippen LogP contribution is 2.40. The lowest BCUT2D eigenvalue weighted by Crippen LogP contribution is -2.55.